The van der Waals surface area contributed by atoms with E-state index in [1.807, 2.05) is 24.4 Å². The van der Waals surface area contributed by atoms with Gasteiger partial charge in [0, 0.05) is 51.0 Å². The first-order valence-electron chi connectivity index (χ1n) is 11.2. The van der Waals surface area contributed by atoms with Gasteiger partial charge in [0.2, 0.25) is 0 Å². The Hall–Kier alpha value is -2.60. The van der Waals surface area contributed by atoms with Crippen molar-refractivity contribution in [3.63, 3.8) is 0 Å². The highest BCUT2D eigenvalue weighted by atomic mass is 16.2. The maximum Gasteiger partial charge on any atom is 0.315 e. The van der Waals surface area contributed by atoms with Gasteiger partial charge in [-0.15, -0.1) is 0 Å². The van der Waals surface area contributed by atoms with E-state index in [4.69, 9.17) is 0 Å². The number of pyridine rings is 1. The van der Waals surface area contributed by atoms with Crippen LogP contribution in [0.3, 0.4) is 0 Å². The van der Waals surface area contributed by atoms with Crippen LogP contribution < -0.4 is 15.5 Å². The Morgan fingerprint density at radius 1 is 0.933 bits per heavy atom. The number of hydrogen-bond acceptors (Lipinski definition) is 4. The summed E-state index contributed by atoms with van der Waals surface area (Å²) < 4.78 is 0. The number of likely N-dealkylation sites (tertiary alicyclic amines) is 1. The molecule has 2 N–H and O–H groups in total. The third-order valence-corrected chi connectivity index (χ3v) is 6.38. The molecular weight excluding hydrogens is 374 g/mol. The van der Waals surface area contributed by atoms with Crippen LogP contribution in [0.15, 0.2) is 48.7 Å². The average Bonchev–Trinajstić information content (AvgIpc) is 2.78. The van der Waals surface area contributed by atoms with E-state index in [0.717, 1.165) is 64.2 Å². The van der Waals surface area contributed by atoms with E-state index >= 15 is 0 Å². The number of piperidine rings is 2. The second kappa shape index (κ2) is 9.94. The molecule has 2 saturated heterocycles. The Morgan fingerprint density at radius 3 is 2.20 bits per heavy atom. The number of amides is 2. The normalized spacial score (nSPS) is 18.9. The Labute approximate surface area is 179 Å². The molecule has 2 amide bonds. The second-order valence-electron chi connectivity index (χ2n) is 8.54. The lowest BCUT2D eigenvalue weighted by Crippen LogP contribution is -2.52. The van der Waals surface area contributed by atoms with Gasteiger partial charge in [-0.25, -0.2) is 9.78 Å². The van der Waals surface area contributed by atoms with Gasteiger partial charge in [0.05, 0.1) is 0 Å². The molecule has 6 heteroatoms. The fourth-order valence-corrected chi connectivity index (χ4v) is 4.47. The van der Waals surface area contributed by atoms with Crippen molar-refractivity contribution < 1.29 is 4.79 Å². The monoisotopic (exact) mass is 407 g/mol. The van der Waals surface area contributed by atoms with Crippen molar-refractivity contribution in [2.45, 2.75) is 51.2 Å². The zero-order valence-electron chi connectivity index (χ0n) is 17.9. The molecular formula is C24H33N5O. The van der Waals surface area contributed by atoms with Gasteiger partial charge in [-0.1, -0.05) is 30.3 Å². The van der Waals surface area contributed by atoms with E-state index < -0.39 is 0 Å². The van der Waals surface area contributed by atoms with Gasteiger partial charge in [-0.05, 0) is 55.9 Å². The number of aromatic nitrogens is 1. The van der Waals surface area contributed by atoms with Crippen molar-refractivity contribution in [1.29, 1.82) is 0 Å². The molecule has 30 heavy (non-hydrogen) atoms. The lowest BCUT2D eigenvalue weighted by atomic mass is 10.0. The SMILES string of the molecule is Cc1ccccc1CN1CCC(NC(=O)NC2CCN(c3ccccn3)CC2)CC1. The van der Waals surface area contributed by atoms with E-state index in [2.05, 4.69) is 56.6 Å². The molecule has 2 fully saturated rings. The lowest BCUT2D eigenvalue weighted by molar-refractivity contribution is 0.185. The summed E-state index contributed by atoms with van der Waals surface area (Å²) in [6.07, 6.45) is 5.77. The van der Waals surface area contributed by atoms with E-state index in [0.29, 0.717) is 0 Å². The van der Waals surface area contributed by atoms with Crippen molar-refractivity contribution in [3.8, 4) is 0 Å². The number of nitrogens with zero attached hydrogens (tertiary/aromatic N) is 3. The van der Waals surface area contributed by atoms with Crippen molar-refractivity contribution in [3.05, 3.63) is 59.8 Å². The number of urea groups is 1. The average molecular weight is 408 g/mol. The smallest absolute Gasteiger partial charge is 0.315 e. The van der Waals surface area contributed by atoms with Crippen molar-refractivity contribution >= 4 is 11.8 Å². The van der Waals surface area contributed by atoms with Gasteiger partial charge in [0.1, 0.15) is 5.82 Å². The molecule has 0 unspecified atom stereocenters. The van der Waals surface area contributed by atoms with E-state index in [-0.39, 0.29) is 18.1 Å². The third kappa shape index (κ3) is 5.51. The molecule has 2 aliphatic rings. The number of nitrogens with one attached hydrogen (secondary N) is 2. The largest absolute Gasteiger partial charge is 0.356 e. The number of carbonyl (C=O) groups is 1. The van der Waals surface area contributed by atoms with Gasteiger partial charge in [0.25, 0.3) is 0 Å². The molecule has 0 radical (unpaired) electrons. The van der Waals surface area contributed by atoms with E-state index in [9.17, 15) is 4.79 Å². The van der Waals surface area contributed by atoms with Crippen LogP contribution in [0.2, 0.25) is 0 Å². The number of anilines is 1. The van der Waals surface area contributed by atoms with Crippen LogP contribution in [0.25, 0.3) is 0 Å². The first-order valence-corrected chi connectivity index (χ1v) is 11.2. The van der Waals surface area contributed by atoms with Crippen LogP contribution in [0.4, 0.5) is 10.6 Å². The van der Waals surface area contributed by atoms with Gasteiger partial charge in [-0.2, -0.15) is 0 Å². The van der Waals surface area contributed by atoms with Crippen LogP contribution in [0.5, 0.6) is 0 Å². The van der Waals surface area contributed by atoms with Crippen LogP contribution in [0, 0.1) is 6.92 Å². The molecule has 0 bridgehead atoms. The van der Waals surface area contributed by atoms with E-state index in [1.54, 1.807) is 0 Å². The number of hydrogen-bond donors (Lipinski definition) is 2. The Morgan fingerprint density at radius 2 is 1.57 bits per heavy atom. The van der Waals surface area contributed by atoms with Crippen LogP contribution >= 0.6 is 0 Å². The Balaban J connectivity index is 1.16. The summed E-state index contributed by atoms with van der Waals surface area (Å²) in [5, 5.41) is 6.39. The molecule has 0 aliphatic carbocycles. The fraction of sp³-hybridized carbons (Fsp3) is 0.500. The molecule has 2 aromatic rings. The molecule has 0 spiro atoms. The Kier molecular flexibility index (Phi) is 6.84. The molecule has 4 rings (SSSR count). The third-order valence-electron chi connectivity index (χ3n) is 6.38. The predicted molar refractivity (Wildman–Crippen MR) is 121 cm³/mol. The van der Waals surface area contributed by atoms with Gasteiger partial charge < -0.3 is 15.5 Å². The minimum atomic E-state index is -0.0105. The second-order valence-corrected chi connectivity index (χ2v) is 8.54. The number of carbonyl (C=O) groups excluding carboxylic acids is 1. The van der Waals surface area contributed by atoms with Gasteiger partial charge >= 0.3 is 6.03 Å². The lowest BCUT2D eigenvalue weighted by Gasteiger charge is -2.35. The number of benzene rings is 1. The molecule has 160 valence electrons. The quantitative estimate of drug-likeness (QED) is 0.798. The first kappa shape index (κ1) is 20.7. The fourth-order valence-electron chi connectivity index (χ4n) is 4.47. The van der Waals surface area contributed by atoms with Crippen molar-refractivity contribution in [2.24, 2.45) is 0 Å². The topological polar surface area (TPSA) is 60.5 Å². The minimum Gasteiger partial charge on any atom is -0.356 e. The van der Waals surface area contributed by atoms with Crippen LogP contribution in [-0.4, -0.2) is 54.2 Å². The maximum absolute atomic E-state index is 12.5. The summed E-state index contributed by atoms with van der Waals surface area (Å²) >= 11 is 0. The highest BCUT2D eigenvalue weighted by Crippen LogP contribution is 2.18. The summed E-state index contributed by atoms with van der Waals surface area (Å²) in [7, 11) is 0. The summed E-state index contributed by atoms with van der Waals surface area (Å²) in [5.41, 5.74) is 2.75. The molecule has 1 aromatic carbocycles. The zero-order chi connectivity index (χ0) is 20.8. The summed E-state index contributed by atoms with van der Waals surface area (Å²) in [6, 6.07) is 15.1. The predicted octanol–water partition coefficient (Wildman–Crippen LogP) is 3.32. The molecule has 0 saturated carbocycles. The number of aryl methyl sites for hydroxylation is 1. The maximum atomic E-state index is 12.5. The van der Waals surface area contributed by atoms with Crippen molar-refractivity contribution in [1.82, 2.24) is 20.5 Å². The van der Waals surface area contributed by atoms with Gasteiger partial charge in [-0.3, -0.25) is 4.90 Å². The molecule has 2 aliphatic heterocycles. The van der Waals surface area contributed by atoms with Gasteiger partial charge in [0.15, 0.2) is 0 Å². The molecule has 3 heterocycles. The minimum absolute atomic E-state index is 0.0105. The zero-order valence-corrected chi connectivity index (χ0v) is 17.9. The van der Waals surface area contributed by atoms with Crippen LogP contribution in [-0.2, 0) is 6.54 Å². The van der Waals surface area contributed by atoms with Crippen LogP contribution in [0.1, 0.15) is 36.8 Å². The summed E-state index contributed by atoms with van der Waals surface area (Å²) in [5.74, 6) is 1.03. The standard InChI is InChI=1S/C24H33N5O/c1-19-6-2-3-7-20(19)18-28-14-9-21(10-15-28)26-24(30)27-22-11-16-29(17-12-22)23-8-4-5-13-25-23/h2-8,13,21-22H,9-12,14-18H2,1H3,(H2,26,27,30). The Bertz CT molecular complexity index is 811. The first-order chi connectivity index (χ1) is 14.7. The molecule has 0 atom stereocenters. The highest BCUT2D eigenvalue weighted by Gasteiger charge is 2.24. The highest BCUT2D eigenvalue weighted by molar-refractivity contribution is 5.74. The molecule has 6 nitrogen and oxygen atoms in total. The number of rotatable bonds is 5. The van der Waals surface area contributed by atoms with E-state index in [1.165, 1.54) is 11.1 Å². The molecule has 1 aromatic heterocycles. The van der Waals surface area contributed by atoms with Crippen molar-refractivity contribution in [2.75, 3.05) is 31.1 Å². The summed E-state index contributed by atoms with van der Waals surface area (Å²) in [4.78, 5) is 21.7. The summed E-state index contributed by atoms with van der Waals surface area (Å²) in [6.45, 7) is 7.09.